The number of nitrogens with zero attached hydrogens (tertiary/aromatic N) is 3. The van der Waals surface area contributed by atoms with Gasteiger partial charge in [0.15, 0.2) is 0 Å². The van der Waals surface area contributed by atoms with Crippen LogP contribution in [0.5, 0.6) is 0 Å². The largest absolute Gasteiger partial charge is 0.325 e. The summed E-state index contributed by atoms with van der Waals surface area (Å²) in [5.41, 5.74) is 4.88. The van der Waals surface area contributed by atoms with Crippen LogP contribution >= 0.6 is 11.8 Å². The lowest BCUT2D eigenvalue weighted by molar-refractivity contribution is -0.384. The molecule has 0 radical (unpaired) electrons. The van der Waals surface area contributed by atoms with E-state index in [4.69, 9.17) is 4.98 Å². The Balaban J connectivity index is 1.50. The average molecular weight is 473 g/mol. The van der Waals surface area contributed by atoms with Crippen LogP contribution in [0.1, 0.15) is 47.2 Å². The van der Waals surface area contributed by atoms with Gasteiger partial charge in [-0.1, -0.05) is 48.2 Å². The number of aryl methyl sites for hydroxylation is 2. The number of pyridine rings is 1. The van der Waals surface area contributed by atoms with Crippen molar-refractivity contribution in [2.24, 2.45) is 0 Å². The topological polar surface area (TPSA) is 109 Å². The first kappa shape index (κ1) is 23.5. The maximum atomic E-state index is 12.8. The van der Waals surface area contributed by atoms with Gasteiger partial charge in [0, 0.05) is 17.8 Å². The van der Waals surface area contributed by atoms with Crippen molar-refractivity contribution in [1.29, 1.82) is 5.26 Å². The van der Waals surface area contributed by atoms with E-state index < -0.39 is 10.2 Å². The molecule has 0 aliphatic heterocycles. The van der Waals surface area contributed by atoms with Gasteiger partial charge >= 0.3 is 0 Å². The summed E-state index contributed by atoms with van der Waals surface area (Å²) < 4.78 is 0. The molecule has 0 fully saturated rings. The molecule has 1 N–H and O–H groups in total. The highest BCUT2D eigenvalue weighted by Gasteiger charge is 2.25. The van der Waals surface area contributed by atoms with Gasteiger partial charge in [-0.3, -0.25) is 14.9 Å². The third-order valence-corrected chi connectivity index (χ3v) is 7.19. The minimum absolute atomic E-state index is 0.0851. The van der Waals surface area contributed by atoms with E-state index in [2.05, 4.69) is 23.5 Å². The maximum absolute atomic E-state index is 12.8. The van der Waals surface area contributed by atoms with Gasteiger partial charge in [0.25, 0.3) is 5.69 Å². The Labute approximate surface area is 202 Å². The number of nitro benzene ring substituents is 1. The number of non-ortho nitro benzene ring substituents is 1. The summed E-state index contributed by atoms with van der Waals surface area (Å²) in [4.78, 5) is 28.2. The monoisotopic (exact) mass is 472 g/mol. The number of benzene rings is 2. The highest BCUT2D eigenvalue weighted by Crippen LogP contribution is 2.35. The molecular formula is C26H24N4O3S. The zero-order valence-corrected chi connectivity index (χ0v) is 19.8. The molecule has 2 unspecified atom stereocenters. The second-order valence-corrected chi connectivity index (χ2v) is 9.74. The predicted molar refractivity (Wildman–Crippen MR) is 132 cm³/mol. The summed E-state index contributed by atoms with van der Waals surface area (Å²) in [6.07, 6.45) is 2.65. The van der Waals surface area contributed by atoms with Crippen molar-refractivity contribution < 1.29 is 9.72 Å². The number of amides is 1. The zero-order chi connectivity index (χ0) is 24.2. The van der Waals surface area contributed by atoms with Gasteiger partial charge in [-0.05, 0) is 61.8 Å². The van der Waals surface area contributed by atoms with E-state index in [-0.39, 0.29) is 11.6 Å². The summed E-state index contributed by atoms with van der Waals surface area (Å²) in [7, 11) is 0. The Bertz CT molecular complexity index is 1290. The second kappa shape index (κ2) is 10.1. The van der Waals surface area contributed by atoms with Gasteiger partial charge in [-0.2, -0.15) is 5.26 Å². The number of nitriles is 1. The van der Waals surface area contributed by atoms with Gasteiger partial charge in [0.05, 0.1) is 21.4 Å². The molecule has 34 heavy (non-hydrogen) atoms. The molecule has 2 aromatic carbocycles. The van der Waals surface area contributed by atoms with Crippen LogP contribution in [0.25, 0.3) is 0 Å². The Morgan fingerprint density at radius 1 is 1.26 bits per heavy atom. The van der Waals surface area contributed by atoms with E-state index >= 15 is 0 Å². The molecule has 8 heteroatoms. The first-order valence-electron chi connectivity index (χ1n) is 11.1. The Morgan fingerprint density at radius 2 is 2.03 bits per heavy atom. The highest BCUT2D eigenvalue weighted by molar-refractivity contribution is 8.00. The number of carbonyl (C=O) groups is 1. The van der Waals surface area contributed by atoms with Gasteiger partial charge in [-0.25, -0.2) is 4.98 Å². The number of thioether (sulfide) groups is 1. The maximum Gasteiger partial charge on any atom is 0.271 e. The number of aromatic nitrogens is 1. The zero-order valence-electron chi connectivity index (χ0n) is 18.9. The van der Waals surface area contributed by atoms with Crippen molar-refractivity contribution in [2.75, 3.05) is 5.32 Å². The lowest BCUT2D eigenvalue weighted by Crippen LogP contribution is -2.23. The van der Waals surface area contributed by atoms with Crippen LogP contribution in [0.15, 0.2) is 59.6 Å². The molecule has 172 valence electrons. The fourth-order valence-corrected chi connectivity index (χ4v) is 5.03. The SMILES string of the molecule is Cc1ccc([N+](=O)[O-])cc1NC(=O)C(C)Sc1nc2c(cc1C#N)CC(c1ccccc1)CC2. The van der Waals surface area contributed by atoms with E-state index in [1.807, 2.05) is 24.3 Å². The Hall–Kier alpha value is -3.70. The predicted octanol–water partition coefficient (Wildman–Crippen LogP) is 5.56. The van der Waals surface area contributed by atoms with Crippen LogP contribution in [0, 0.1) is 28.4 Å². The molecule has 7 nitrogen and oxygen atoms in total. The van der Waals surface area contributed by atoms with Crippen molar-refractivity contribution in [3.05, 3.63) is 92.7 Å². The summed E-state index contributed by atoms with van der Waals surface area (Å²) in [6.45, 7) is 3.51. The standard InChI is InChI=1S/C26H24N4O3S/c1-16-8-10-22(30(32)33)14-24(16)28-25(31)17(2)34-26-21(15-27)13-20-12-19(9-11-23(20)29-26)18-6-4-3-5-7-18/h3-8,10,13-14,17,19H,9,11-12H2,1-2H3,(H,28,31). The summed E-state index contributed by atoms with van der Waals surface area (Å²) >= 11 is 1.23. The summed E-state index contributed by atoms with van der Waals surface area (Å²) in [6, 6.07) is 18.9. The summed E-state index contributed by atoms with van der Waals surface area (Å²) in [5.74, 6) is 0.101. The number of nitrogens with one attached hydrogen (secondary N) is 1. The number of carbonyl (C=O) groups excluding carboxylic acids is 1. The number of anilines is 1. The lowest BCUT2D eigenvalue weighted by atomic mass is 9.82. The lowest BCUT2D eigenvalue weighted by Gasteiger charge is -2.25. The molecule has 1 aromatic heterocycles. The molecule has 1 aliphatic carbocycles. The highest BCUT2D eigenvalue weighted by atomic mass is 32.2. The fourth-order valence-electron chi connectivity index (χ4n) is 4.14. The van der Waals surface area contributed by atoms with Crippen LogP contribution in [0.4, 0.5) is 11.4 Å². The van der Waals surface area contributed by atoms with E-state index in [1.165, 1.54) is 29.5 Å². The van der Waals surface area contributed by atoms with Crippen LogP contribution < -0.4 is 5.32 Å². The second-order valence-electron chi connectivity index (χ2n) is 8.41. The van der Waals surface area contributed by atoms with E-state index in [1.54, 1.807) is 19.9 Å². The number of hydrogen-bond acceptors (Lipinski definition) is 6. The molecule has 3 aromatic rings. The molecular weight excluding hydrogens is 448 g/mol. The quantitative estimate of drug-likeness (QED) is 0.286. The molecule has 0 spiro atoms. The molecule has 0 saturated carbocycles. The van der Waals surface area contributed by atoms with Crippen LogP contribution in [0.2, 0.25) is 0 Å². The molecule has 0 saturated heterocycles. The van der Waals surface area contributed by atoms with Crippen LogP contribution in [-0.2, 0) is 17.6 Å². The van der Waals surface area contributed by atoms with Crippen molar-refractivity contribution in [3.8, 4) is 6.07 Å². The van der Waals surface area contributed by atoms with Crippen LogP contribution in [-0.4, -0.2) is 21.1 Å². The molecule has 0 bridgehead atoms. The smallest absolute Gasteiger partial charge is 0.271 e. The number of rotatable bonds is 6. The number of nitro groups is 1. The van der Waals surface area contributed by atoms with Crippen LogP contribution in [0.3, 0.4) is 0 Å². The number of fused-ring (bicyclic) bond motifs is 1. The first-order chi connectivity index (χ1) is 16.4. The average Bonchev–Trinajstić information content (AvgIpc) is 2.84. The Morgan fingerprint density at radius 3 is 2.74 bits per heavy atom. The molecule has 4 rings (SSSR count). The normalized spacial score (nSPS) is 15.6. The van der Waals surface area contributed by atoms with E-state index in [9.17, 15) is 20.2 Å². The van der Waals surface area contributed by atoms with Crippen molar-refractivity contribution in [1.82, 2.24) is 4.98 Å². The van der Waals surface area contributed by atoms with Crippen molar-refractivity contribution in [3.63, 3.8) is 0 Å². The van der Waals surface area contributed by atoms with Gasteiger partial charge in [0.1, 0.15) is 11.1 Å². The Kier molecular flexibility index (Phi) is 6.94. The third-order valence-electron chi connectivity index (χ3n) is 6.09. The van der Waals surface area contributed by atoms with Crippen molar-refractivity contribution >= 4 is 29.0 Å². The van der Waals surface area contributed by atoms with Gasteiger partial charge in [0.2, 0.25) is 5.91 Å². The van der Waals surface area contributed by atoms with E-state index in [0.29, 0.717) is 22.2 Å². The van der Waals surface area contributed by atoms with E-state index in [0.717, 1.165) is 36.1 Å². The minimum Gasteiger partial charge on any atom is -0.325 e. The minimum atomic E-state index is -0.544. The molecule has 1 heterocycles. The van der Waals surface area contributed by atoms with Gasteiger partial charge < -0.3 is 5.32 Å². The first-order valence-corrected chi connectivity index (χ1v) is 11.9. The molecule has 2 atom stereocenters. The number of hydrogen-bond donors (Lipinski definition) is 1. The van der Waals surface area contributed by atoms with Gasteiger partial charge in [-0.15, -0.1) is 0 Å². The summed E-state index contributed by atoms with van der Waals surface area (Å²) in [5, 5.41) is 23.6. The fraction of sp³-hybridized carbons (Fsp3) is 0.269. The molecule has 1 aliphatic rings. The van der Waals surface area contributed by atoms with Crippen molar-refractivity contribution in [2.45, 2.75) is 49.3 Å². The third kappa shape index (κ3) is 5.10. The molecule has 1 amide bonds.